The number of hydrogen-bond donors (Lipinski definition) is 1. The van der Waals surface area contributed by atoms with E-state index >= 15 is 0 Å². The lowest BCUT2D eigenvalue weighted by molar-refractivity contribution is 0.269. The van der Waals surface area contributed by atoms with Gasteiger partial charge >= 0.3 is 0 Å². The Morgan fingerprint density at radius 2 is 2.15 bits per heavy atom. The van der Waals surface area contributed by atoms with Gasteiger partial charge in [0.05, 0.1) is 11.6 Å². The van der Waals surface area contributed by atoms with Crippen molar-refractivity contribution >= 4 is 15.9 Å². The maximum atomic E-state index is 5.78. The van der Waals surface area contributed by atoms with Crippen LogP contribution in [0.5, 0.6) is 11.5 Å². The Morgan fingerprint density at radius 3 is 2.75 bits per heavy atom. The zero-order valence-electron chi connectivity index (χ0n) is 11.7. The monoisotopic (exact) mass is 340 g/mol. The Bertz CT molecular complexity index is 584. The molecule has 0 aliphatic carbocycles. The minimum atomic E-state index is 0.331. The van der Waals surface area contributed by atoms with Crippen LogP contribution in [0.2, 0.25) is 0 Å². The molecule has 2 rings (SSSR count). The van der Waals surface area contributed by atoms with Crippen molar-refractivity contribution in [2.45, 2.75) is 20.1 Å². The highest BCUT2D eigenvalue weighted by Gasteiger charge is 2.12. The third kappa shape index (κ3) is 3.52. The predicted octanol–water partition coefficient (Wildman–Crippen LogP) is 3.05. The van der Waals surface area contributed by atoms with Crippen LogP contribution < -0.4 is 14.8 Å². The van der Waals surface area contributed by atoms with Crippen molar-refractivity contribution in [2.75, 3.05) is 14.2 Å². The first-order valence-electron chi connectivity index (χ1n) is 6.20. The Morgan fingerprint density at radius 1 is 1.35 bits per heavy atom. The molecule has 1 aromatic carbocycles. The molecule has 5 nitrogen and oxygen atoms in total. The molecule has 0 bridgehead atoms. The van der Waals surface area contributed by atoms with Crippen LogP contribution in [-0.4, -0.2) is 19.3 Å². The molecule has 6 heteroatoms. The number of halogens is 1. The smallest absolute Gasteiger partial charge is 0.175 e. The van der Waals surface area contributed by atoms with Crippen LogP contribution in [-0.2, 0) is 13.2 Å². The highest BCUT2D eigenvalue weighted by molar-refractivity contribution is 9.10. The minimum Gasteiger partial charge on any atom is -0.493 e. The van der Waals surface area contributed by atoms with Crippen LogP contribution in [0.15, 0.2) is 27.2 Å². The molecular formula is C14H17BrN2O3. The van der Waals surface area contributed by atoms with Crippen molar-refractivity contribution < 1.29 is 14.0 Å². The van der Waals surface area contributed by atoms with Crippen LogP contribution in [0.4, 0.5) is 0 Å². The number of hydrogen-bond acceptors (Lipinski definition) is 5. The van der Waals surface area contributed by atoms with Gasteiger partial charge in [-0.05, 0) is 47.6 Å². The summed E-state index contributed by atoms with van der Waals surface area (Å²) in [5.74, 6) is 2.11. The zero-order chi connectivity index (χ0) is 14.5. The number of rotatable bonds is 6. The maximum Gasteiger partial charge on any atom is 0.175 e. The average molecular weight is 341 g/mol. The highest BCUT2D eigenvalue weighted by atomic mass is 79.9. The van der Waals surface area contributed by atoms with Crippen molar-refractivity contribution in [3.8, 4) is 11.5 Å². The van der Waals surface area contributed by atoms with Crippen molar-refractivity contribution in [2.24, 2.45) is 0 Å². The summed E-state index contributed by atoms with van der Waals surface area (Å²) in [6.45, 7) is 2.94. The molecule has 0 aliphatic heterocycles. The molecule has 108 valence electrons. The Balaban J connectivity index is 2.17. The van der Waals surface area contributed by atoms with Gasteiger partial charge in [0.25, 0.3) is 0 Å². The van der Waals surface area contributed by atoms with Gasteiger partial charge in [0.1, 0.15) is 18.1 Å². The molecule has 0 saturated heterocycles. The van der Waals surface area contributed by atoms with E-state index in [2.05, 4.69) is 26.4 Å². The standard InChI is InChI=1S/C14H17BrN2O3/c1-9-4-11(17-20-9)8-19-14-12(15)5-10(7-16-2)6-13(14)18-3/h4-6,16H,7-8H2,1-3H3. The molecule has 0 fully saturated rings. The van der Waals surface area contributed by atoms with Gasteiger partial charge < -0.3 is 19.3 Å². The molecule has 0 amide bonds. The maximum absolute atomic E-state index is 5.78. The fourth-order valence-corrected chi connectivity index (χ4v) is 2.46. The summed E-state index contributed by atoms with van der Waals surface area (Å²) in [6.07, 6.45) is 0. The lowest BCUT2D eigenvalue weighted by Crippen LogP contribution is -2.06. The van der Waals surface area contributed by atoms with Gasteiger partial charge in [0.2, 0.25) is 0 Å². The first-order valence-corrected chi connectivity index (χ1v) is 6.99. The summed E-state index contributed by atoms with van der Waals surface area (Å²) in [6, 6.07) is 5.79. The first kappa shape index (κ1) is 14.9. The lowest BCUT2D eigenvalue weighted by Gasteiger charge is -2.13. The molecule has 0 saturated carbocycles. The summed E-state index contributed by atoms with van der Waals surface area (Å²) in [4.78, 5) is 0. The molecule has 0 aliphatic rings. The first-order chi connectivity index (χ1) is 9.63. The van der Waals surface area contributed by atoms with E-state index in [0.29, 0.717) is 18.1 Å². The van der Waals surface area contributed by atoms with E-state index in [1.54, 1.807) is 7.11 Å². The van der Waals surface area contributed by atoms with Crippen LogP contribution in [0.25, 0.3) is 0 Å². The second-order valence-electron chi connectivity index (χ2n) is 4.36. The Hall–Kier alpha value is -1.53. The fourth-order valence-electron chi connectivity index (χ4n) is 1.85. The second-order valence-corrected chi connectivity index (χ2v) is 5.21. The second kappa shape index (κ2) is 6.76. The topological polar surface area (TPSA) is 56.5 Å². The zero-order valence-corrected chi connectivity index (χ0v) is 13.3. The van der Waals surface area contributed by atoms with E-state index in [4.69, 9.17) is 14.0 Å². The number of benzene rings is 1. The van der Waals surface area contributed by atoms with Gasteiger partial charge in [-0.15, -0.1) is 0 Å². The third-order valence-electron chi connectivity index (χ3n) is 2.71. The predicted molar refractivity (Wildman–Crippen MR) is 79.0 cm³/mol. The molecular weight excluding hydrogens is 324 g/mol. The molecule has 1 heterocycles. The van der Waals surface area contributed by atoms with Crippen molar-refractivity contribution in [1.82, 2.24) is 10.5 Å². The normalized spacial score (nSPS) is 10.6. The third-order valence-corrected chi connectivity index (χ3v) is 3.30. The SMILES string of the molecule is CNCc1cc(Br)c(OCc2cc(C)on2)c(OC)c1. The van der Waals surface area contributed by atoms with Crippen LogP contribution >= 0.6 is 15.9 Å². The Labute approximate surface area is 126 Å². The molecule has 20 heavy (non-hydrogen) atoms. The van der Waals surface area contributed by atoms with E-state index in [1.165, 1.54) is 0 Å². The van der Waals surface area contributed by atoms with Crippen molar-refractivity contribution in [3.05, 3.63) is 39.7 Å². The fraction of sp³-hybridized carbons (Fsp3) is 0.357. The van der Waals surface area contributed by atoms with Gasteiger partial charge in [-0.2, -0.15) is 0 Å². The van der Waals surface area contributed by atoms with Gasteiger partial charge in [-0.1, -0.05) is 5.16 Å². The quantitative estimate of drug-likeness (QED) is 0.875. The van der Waals surface area contributed by atoms with Crippen LogP contribution in [0.3, 0.4) is 0 Å². The summed E-state index contributed by atoms with van der Waals surface area (Å²) in [5.41, 5.74) is 1.86. The van der Waals surface area contributed by atoms with Gasteiger partial charge in [-0.25, -0.2) is 0 Å². The Kier molecular flexibility index (Phi) is 5.03. The highest BCUT2D eigenvalue weighted by Crippen LogP contribution is 2.37. The molecule has 1 aromatic heterocycles. The van der Waals surface area contributed by atoms with E-state index in [0.717, 1.165) is 28.0 Å². The number of ether oxygens (including phenoxy) is 2. The van der Waals surface area contributed by atoms with Gasteiger partial charge in [0, 0.05) is 12.6 Å². The summed E-state index contributed by atoms with van der Waals surface area (Å²) in [7, 11) is 3.52. The molecule has 0 radical (unpaired) electrons. The molecule has 0 atom stereocenters. The van der Waals surface area contributed by atoms with Gasteiger partial charge in [-0.3, -0.25) is 0 Å². The van der Waals surface area contributed by atoms with Crippen LogP contribution in [0, 0.1) is 6.92 Å². The number of aryl methyl sites for hydroxylation is 1. The molecule has 1 N–H and O–H groups in total. The lowest BCUT2D eigenvalue weighted by atomic mass is 10.2. The molecule has 2 aromatic rings. The molecule has 0 unspecified atom stereocenters. The number of methoxy groups -OCH3 is 1. The number of nitrogens with zero attached hydrogens (tertiary/aromatic N) is 1. The van der Waals surface area contributed by atoms with Crippen molar-refractivity contribution in [3.63, 3.8) is 0 Å². The van der Waals surface area contributed by atoms with E-state index in [-0.39, 0.29) is 0 Å². The van der Waals surface area contributed by atoms with Crippen LogP contribution in [0.1, 0.15) is 17.0 Å². The van der Waals surface area contributed by atoms with Crippen molar-refractivity contribution in [1.29, 1.82) is 0 Å². The number of nitrogens with one attached hydrogen (secondary N) is 1. The summed E-state index contributed by atoms with van der Waals surface area (Å²) >= 11 is 3.51. The minimum absolute atomic E-state index is 0.331. The van der Waals surface area contributed by atoms with E-state index in [9.17, 15) is 0 Å². The van der Waals surface area contributed by atoms with E-state index < -0.39 is 0 Å². The van der Waals surface area contributed by atoms with E-state index in [1.807, 2.05) is 32.2 Å². The largest absolute Gasteiger partial charge is 0.493 e. The van der Waals surface area contributed by atoms with Gasteiger partial charge in [0.15, 0.2) is 11.5 Å². The summed E-state index contributed by atoms with van der Waals surface area (Å²) in [5, 5.41) is 7.00. The molecule has 0 spiro atoms. The average Bonchev–Trinajstić information content (AvgIpc) is 2.83. The summed E-state index contributed by atoms with van der Waals surface area (Å²) < 4.78 is 17.0. The number of aromatic nitrogens is 1.